The van der Waals surface area contributed by atoms with E-state index in [-0.39, 0.29) is 11.3 Å². The molecule has 7 nitrogen and oxygen atoms in total. The van der Waals surface area contributed by atoms with Crippen molar-refractivity contribution in [2.75, 3.05) is 36.5 Å². The molecule has 0 saturated carbocycles. The maximum absolute atomic E-state index is 11.3. The standard InChI is InChI=1S/C18H17BrN4O3/c19-15-3-2-14(17(10-15)22-5-7-26-8-6-22)12-21-16-4-1-13(11-20)9-18(16)23(24)25/h1-4,9-10,21H,5-8,12H2. The van der Waals surface area contributed by atoms with Crippen LogP contribution in [0.15, 0.2) is 40.9 Å². The Morgan fingerprint density at radius 2 is 2.04 bits per heavy atom. The van der Waals surface area contributed by atoms with Crippen LogP contribution in [0.25, 0.3) is 0 Å². The number of nitro groups is 1. The number of benzene rings is 2. The smallest absolute Gasteiger partial charge is 0.293 e. The number of nitro benzene ring substituents is 1. The summed E-state index contributed by atoms with van der Waals surface area (Å²) in [7, 11) is 0. The van der Waals surface area contributed by atoms with Gasteiger partial charge in [0.05, 0.1) is 29.8 Å². The van der Waals surface area contributed by atoms with E-state index in [1.165, 1.54) is 6.07 Å². The Morgan fingerprint density at radius 1 is 1.27 bits per heavy atom. The summed E-state index contributed by atoms with van der Waals surface area (Å²) in [6, 6.07) is 12.4. The fraction of sp³-hybridized carbons (Fsp3) is 0.278. The number of nitriles is 1. The van der Waals surface area contributed by atoms with Gasteiger partial charge in [0.1, 0.15) is 5.69 Å². The predicted molar refractivity (Wildman–Crippen MR) is 102 cm³/mol. The fourth-order valence-electron chi connectivity index (χ4n) is 2.88. The van der Waals surface area contributed by atoms with Gasteiger partial charge in [-0.05, 0) is 29.8 Å². The number of morpholine rings is 1. The molecule has 134 valence electrons. The molecule has 3 rings (SSSR count). The number of nitrogens with one attached hydrogen (secondary N) is 1. The highest BCUT2D eigenvalue weighted by Gasteiger charge is 2.18. The van der Waals surface area contributed by atoms with Crippen LogP contribution in [-0.4, -0.2) is 31.2 Å². The first-order chi connectivity index (χ1) is 12.6. The molecule has 2 aromatic rings. The number of halogens is 1. The molecule has 0 amide bonds. The summed E-state index contributed by atoms with van der Waals surface area (Å²) in [5.41, 5.74) is 2.67. The molecule has 0 radical (unpaired) electrons. The molecule has 0 unspecified atom stereocenters. The summed E-state index contributed by atoms with van der Waals surface area (Å²) in [6.07, 6.45) is 0. The number of hydrogen-bond donors (Lipinski definition) is 1. The van der Waals surface area contributed by atoms with Crippen LogP contribution in [0, 0.1) is 21.4 Å². The summed E-state index contributed by atoms with van der Waals surface area (Å²) >= 11 is 3.51. The largest absolute Gasteiger partial charge is 0.378 e. The van der Waals surface area contributed by atoms with E-state index in [2.05, 4.69) is 32.2 Å². The third kappa shape index (κ3) is 4.12. The van der Waals surface area contributed by atoms with Crippen LogP contribution in [0.3, 0.4) is 0 Å². The average Bonchev–Trinajstić information content (AvgIpc) is 2.67. The lowest BCUT2D eigenvalue weighted by molar-refractivity contribution is -0.384. The highest BCUT2D eigenvalue weighted by molar-refractivity contribution is 9.10. The first kappa shape index (κ1) is 18.2. The lowest BCUT2D eigenvalue weighted by atomic mass is 10.1. The lowest BCUT2D eigenvalue weighted by Gasteiger charge is -2.31. The molecule has 2 aromatic carbocycles. The molecule has 1 N–H and O–H groups in total. The van der Waals surface area contributed by atoms with E-state index in [4.69, 9.17) is 10.00 Å². The minimum absolute atomic E-state index is 0.103. The maximum atomic E-state index is 11.3. The van der Waals surface area contributed by atoms with Gasteiger partial charge in [0.2, 0.25) is 0 Å². The normalized spacial score (nSPS) is 13.9. The van der Waals surface area contributed by atoms with Gasteiger partial charge in [-0.2, -0.15) is 5.26 Å². The van der Waals surface area contributed by atoms with Crippen molar-refractivity contribution in [1.82, 2.24) is 0 Å². The second-order valence-corrected chi connectivity index (χ2v) is 6.74. The van der Waals surface area contributed by atoms with Crippen LogP contribution >= 0.6 is 15.9 Å². The van der Waals surface area contributed by atoms with Crippen molar-refractivity contribution in [2.24, 2.45) is 0 Å². The number of rotatable bonds is 5. The summed E-state index contributed by atoms with van der Waals surface area (Å²) < 4.78 is 6.39. The molecule has 1 heterocycles. The van der Waals surface area contributed by atoms with Crippen LogP contribution < -0.4 is 10.2 Å². The average molecular weight is 417 g/mol. The van der Waals surface area contributed by atoms with Crippen molar-refractivity contribution < 1.29 is 9.66 Å². The fourth-order valence-corrected chi connectivity index (χ4v) is 3.23. The zero-order chi connectivity index (χ0) is 18.5. The number of anilines is 2. The van der Waals surface area contributed by atoms with E-state index in [1.807, 2.05) is 18.2 Å². The monoisotopic (exact) mass is 416 g/mol. The van der Waals surface area contributed by atoms with Crippen LogP contribution in [0.5, 0.6) is 0 Å². The van der Waals surface area contributed by atoms with Gasteiger partial charge in [-0.3, -0.25) is 10.1 Å². The Labute approximate surface area is 159 Å². The highest BCUT2D eigenvalue weighted by Crippen LogP contribution is 2.29. The van der Waals surface area contributed by atoms with Crippen molar-refractivity contribution >= 4 is 33.0 Å². The van der Waals surface area contributed by atoms with Crippen LogP contribution in [-0.2, 0) is 11.3 Å². The van der Waals surface area contributed by atoms with Crippen molar-refractivity contribution in [3.8, 4) is 6.07 Å². The first-order valence-corrected chi connectivity index (χ1v) is 8.91. The third-order valence-corrected chi connectivity index (χ3v) is 4.69. The molecule has 26 heavy (non-hydrogen) atoms. The van der Waals surface area contributed by atoms with Gasteiger partial charge in [0.25, 0.3) is 5.69 Å². The molecule has 0 atom stereocenters. The van der Waals surface area contributed by atoms with Gasteiger partial charge in [-0.15, -0.1) is 0 Å². The van der Waals surface area contributed by atoms with E-state index < -0.39 is 4.92 Å². The zero-order valence-corrected chi connectivity index (χ0v) is 15.5. The first-order valence-electron chi connectivity index (χ1n) is 8.12. The van der Waals surface area contributed by atoms with Gasteiger partial charge < -0.3 is 15.0 Å². The molecule has 1 aliphatic heterocycles. The Morgan fingerprint density at radius 3 is 2.73 bits per heavy atom. The molecule has 0 spiro atoms. The van der Waals surface area contributed by atoms with E-state index in [1.54, 1.807) is 12.1 Å². The molecular weight excluding hydrogens is 400 g/mol. The molecule has 1 fully saturated rings. The van der Waals surface area contributed by atoms with Crippen LogP contribution in [0.1, 0.15) is 11.1 Å². The van der Waals surface area contributed by atoms with E-state index in [0.717, 1.165) is 28.8 Å². The number of nitrogens with zero attached hydrogens (tertiary/aromatic N) is 3. The molecule has 8 heteroatoms. The Bertz CT molecular complexity index is 860. The minimum Gasteiger partial charge on any atom is -0.378 e. The Balaban J connectivity index is 1.84. The Hall–Kier alpha value is -2.63. The SMILES string of the molecule is N#Cc1ccc(NCc2ccc(Br)cc2N2CCOCC2)c([N+](=O)[O-])c1. The third-order valence-electron chi connectivity index (χ3n) is 4.19. The summed E-state index contributed by atoms with van der Waals surface area (Å²) in [5.74, 6) is 0. The van der Waals surface area contributed by atoms with E-state index in [0.29, 0.717) is 25.4 Å². The second-order valence-electron chi connectivity index (χ2n) is 5.83. The summed E-state index contributed by atoms with van der Waals surface area (Å²) in [5, 5.41) is 23.4. The van der Waals surface area contributed by atoms with E-state index in [9.17, 15) is 10.1 Å². The van der Waals surface area contributed by atoms with E-state index >= 15 is 0 Å². The van der Waals surface area contributed by atoms with Gasteiger partial charge in [-0.1, -0.05) is 22.0 Å². The van der Waals surface area contributed by atoms with Gasteiger partial charge >= 0.3 is 0 Å². The Kier molecular flexibility index (Phi) is 5.71. The summed E-state index contributed by atoms with van der Waals surface area (Å²) in [4.78, 5) is 13.1. The number of ether oxygens (including phenoxy) is 1. The van der Waals surface area contributed by atoms with Crippen LogP contribution in [0.2, 0.25) is 0 Å². The van der Waals surface area contributed by atoms with Crippen molar-refractivity contribution in [3.05, 3.63) is 62.1 Å². The summed E-state index contributed by atoms with van der Waals surface area (Å²) in [6.45, 7) is 3.41. The molecule has 0 aromatic heterocycles. The van der Waals surface area contributed by atoms with Gasteiger partial charge in [0, 0.05) is 35.9 Å². The zero-order valence-electron chi connectivity index (χ0n) is 13.9. The predicted octanol–water partition coefficient (Wildman–Crippen LogP) is 3.68. The minimum atomic E-state index is -0.479. The quantitative estimate of drug-likeness (QED) is 0.590. The maximum Gasteiger partial charge on any atom is 0.293 e. The molecule has 1 saturated heterocycles. The molecular formula is C18H17BrN4O3. The van der Waals surface area contributed by atoms with Crippen molar-refractivity contribution in [3.63, 3.8) is 0 Å². The molecule has 0 bridgehead atoms. The lowest BCUT2D eigenvalue weighted by Crippen LogP contribution is -2.36. The van der Waals surface area contributed by atoms with Crippen molar-refractivity contribution in [2.45, 2.75) is 6.54 Å². The van der Waals surface area contributed by atoms with Gasteiger partial charge in [0.15, 0.2) is 0 Å². The van der Waals surface area contributed by atoms with Gasteiger partial charge in [-0.25, -0.2) is 0 Å². The van der Waals surface area contributed by atoms with Crippen molar-refractivity contribution in [1.29, 1.82) is 5.26 Å². The molecule has 0 aliphatic carbocycles. The second kappa shape index (κ2) is 8.17. The number of hydrogen-bond acceptors (Lipinski definition) is 6. The molecule has 1 aliphatic rings. The topological polar surface area (TPSA) is 91.4 Å². The highest BCUT2D eigenvalue weighted by atomic mass is 79.9. The van der Waals surface area contributed by atoms with Crippen LogP contribution in [0.4, 0.5) is 17.1 Å².